The first-order chi connectivity index (χ1) is 7.97. The van der Waals surface area contributed by atoms with Gasteiger partial charge in [0.15, 0.2) is 0 Å². The Morgan fingerprint density at radius 1 is 1.22 bits per heavy atom. The Balaban J connectivity index is 2.76. The Hall–Kier alpha value is -0.450. The number of hydrogen-bond donors (Lipinski definition) is 1. The third-order valence-corrected chi connectivity index (χ3v) is 3.53. The van der Waals surface area contributed by atoms with Gasteiger partial charge in [-0.25, -0.2) is 0 Å². The molecule has 0 bridgehead atoms. The lowest BCUT2D eigenvalue weighted by molar-refractivity contribution is -0.337. The van der Waals surface area contributed by atoms with E-state index in [1.807, 2.05) is 0 Å². The van der Waals surface area contributed by atoms with Gasteiger partial charge in [0.05, 0.1) is 6.10 Å². The van der Waals surface area contributed by atoms with Crippen LogP contribution in [-0.4, -0.2) is 55.5 Å². The fourth-order valence-corrected chi connectivity index (χ4v) is 1.88. The van der Waals surface area contributed by atoms with Crippen LogP contribution in [0.1, 0.15) is 12.8 Å². The maximum Gasteiger partial charge on any atom is 0.459 e. The molecule has 1 aliphatic rings. The van der Waals surface area contributed by atoms with Crippen LogP contribution in [0.25, 0.3) is 0 Å². The lowest BCUT2D eigenvalue weighted by Gasteiger charge is -2.33. The fraction of sp³-hybridized carbons (Fsp3) is 1.00. The van der Waals surface area contributed by atoms with Gasteiger partial charge in [-0.1, -0.05) is 0 Å². The Kier molecular flexibility index (Phi) is 4.26. The van der Waals surface area contributed by atoms with Crippen molar-refractivity contribution in [1.82, 2.24) is 4.90 Å². The van der Waals surface area contributed by atoms with Gasteiger partial charge in [-0.3, -0.25) is 4.55 Å². The van der Waals surface area contributed by atoms with E-state index in [1.165, 1.54) is 0 Å². The molecule has 0 aromatic heterocycles. The molecule has 18 heavy (non-hydrogen) atoms. The van der Waals surface area contributed by atoms with Crippen LogP contribution in [0.2, 0.25) is 0 Å². The molecule has 0 spiro atoms. The number of hydrogen-bond acceptors (Lipinski definition) is 4. The van der Waals surface area contributed by atoms with E-state index in [4.69, 9.17) is 4.55 Å². The van der Waals surface area contributed by atoms with E-state index in [0.717, 1.165) is 0 Å². The van der Waals surface area contributed by atoms with Crippen LogP contribution in [0.3, 0.4) is 0 Å². The summed E-state index contributed by atoms with van der Waals surface area (Å²) in [6, 6.07) is 0. The van der Waals surface area contributed by atoms with Gasteiger partial charge < -0.3 is 9.64 Å². The average molecular weight is 295 g/mol. The molecule has 0 saturated carbocycles. The van der Waals surface area contributed by atoms with E-state index >= 15 is 0 Å². The molecule has 1 heterocycles. The Labute approximate surface area is 101 Å². The molecule has 10 heteroatoms. The quantitative estimate of drug-likeness (QED) is 0.623. The molecule has 1 N–H and O–H groups in total. The van der Waals surface area contributed by atoms with Crippen LogP contribution in [0.4, 0.5) is 17.6 Å². The van der Waals surface area contributed by atoms with Gasteiger partial charge in [0.25, 0.3) is 0 Å². The van der Waals surface area contributed by atoms with E-state index in [-0.39, 0.29) is 12.8 Å². The van der Waals surface area contributed by atoms with E-state index < -0.39 is 27.6 Å². The lowest BCUT2D eigenvalue weighted by Crippen LogP contribution is -2.51. The minimum atomic E-state index is -6.24. The summed E-state index contributed by atoms with van der Waals surface area (Å²) in [5.41, 5.74) is 0. The summed E-state index contributed by atoms with van der Waals surface area (Å²) < 4.78 is 84.2. The number of piperidine rings is 1. The Morgan fingerprint density at radius 3 is 2.06 bits per heavy atom. The Morgan fingerprint density at radius 2 is 1.67 bits per heavy atom. The second kappa shape index (κ2) is 4.91. The predicted octanol–water partition coefficient (Wildman–Crippen LogP) is 1.17. The predicted molar refractivity (Wildman–Crippen MR) is 53.0 cm³/mol. The molecule has 0 unspecified atom stereocenters. The first-order valence-electron chi connectivity index (χ1n) is 5.06. The van der Waals surface area contributed by atoms with Crippen molar-refractivity contribution in [1.29, 1.82) is 0 Å². The molecular formula is C8H13F4NO4S. The fourth-order valence-electron chi connectivity index (χ4n) is 1.53. The molecule has 5 nitrogen and oxygen atoms in total. The average Bonchev–Trinajstić information content (AvgIpc) is 2.19. The van der Waals surface area contributed by atoms with Gasteiger partial charge in [-0.15, -0.1) is 0 Å². The highest BCUT2D eigenvalue weighted by molar-refractivity contribution is 7.86. The largest absolute Gasteiger partial charge is 0.459 e. The number of alkyl halides is 4. The molecule has 0 atom stereocenters. The number of rotatable bonds is 4. The topological polar surface area (TPSA) is 66.8 Å². The summed E-state index contributed by atoms with van der Waals surface area (Å²) in [4.78, 5) is 1.79. The van der Waals surface area contributed by atoms with Crippen molar-refractivity contribution in [3.8, 4) is 0 Å². The molecule has 0 aromatic rings. The standard InChI is InChI=1S/C8H13F4NO4S/c1-13-4-2-6(3-5-13)17-7(9,10)8(11,12)18(14,15)16/h6H,2-5H2,1H3,(H,14,15,16). The monoisotopic (exact) mass is 295 g/mol. The van der Waals surface area contributed by atoms with E-state index in [9.17, 15) is 26.0 Å². The number of ether oxygens (including phenoxy) is 1. The van der Waals surface area contributed by atoms with Gasteiger partial charge >= 0.3 is 21.5 Å². The first-order valence-corrected chi connectivity index (χ1v) is 6.50. The molecule has 1 saturated heterocycles. The zero-order valence-corrected chi connectivity index (χ0v) is 10.3. The van der Waals surface area contributed by atoms with Gasteiger partial charge in [-0.05, 0) is 19.9 Å². The van der Waals surface area contributed by atoms with Crippen molar-refractivity contribution >= 4 is 10.1 Å². The van der Waals surface area contributed by atoms with Crippen LogP contribution in [-0.2, 0) is 14.9 Å². The number of nitrogens with zero attached hydrogens (tertiary/aromatic N) is 1. The number of halogens is 4. The summed E-state index contributed by atoms with van der Waals surface area (Å²) in [5.74, 6) is 0. The molecule has 1 aliphatic heterocycles. The van der Waals surface area contributed by atoms with Crippen molar-refractivity contribution in [3.63, 3.8) is 0 Å². The molecule has 1 rings (SSSR count). The van der Waals surface area contributed by atoms with Crippen molar-refractivity contribution in [2.24, 2.45) is 0 Å². The zero-order valence-electron chi connectivity index (χ0n) is 9.45. The van der Waals surface area contributed by atoms with Gasteiger partial charge in [-0.2, -0.15) is 26.0 Å². The van der Waals surface area contributed by atoms with Crippen LogP contribution >= 0.6 is 0 Å². The highest BCUT2D eigenvalue weighted by Crippen LogP contribution is 2.40. The first kappa shape index (κ1) is 15.6. The van der Waals surface area contributed by atoms with Crippen molar-refractivity contribution < 1.29 is 35.3 Å². The smallest absolute Gasteiger partial charge is 0.311 e. The summed E-state index contributed by atoms with van der Waals surface area (Å²) in [7, 11) is -4.52. The number of likely N-dealkylation sites (tertiary alicyclic amines) is 1. The van der Waals surface area contributed by atoms with Crippen molar-refractivity contribution in [2.75, 3.05) is 20.1 Å². The van der Waals surface area contributed by atoms with Gasteiger partial charge in [0, 0.05) is 13.1 Å². The van der Waals surface area contributed by atoms with Crippen molar-refractivity contribution in [2.45, 2.75) is 30.3 Å². The van der Waals surface area contributed by atoms with Gasteiger partial charge in [0.1, 0.15) is 0 Å². The summed E-state index contributed by atoms with van der Waals surface area (Å²) in [6.07, 6.45) is -6.29. The summed E-state index contributed by atoms with van der Waals surface area (Å²) in [6.45, 7) is 0.746. The van der Waals surface area contributed by atoms with Crippen molar-refractivity contribution in [3.05, 3.63) is 0 Å². The minimum absolute atomic E-state index is 0.0770. The second-order valence-electron chi connectivity index (χ2n) is 4.13. The summed E-state index contributed by atoms with van der Waals surface area (Å²) in [5, 5.41) is -5.66. The third-order valence-electron chi connectivity index (χ3n) is 2.64. The molecule has 0 amide bonds. The van der Waals surface area contributed by atoms with Crippen LogP contribution in [0.5, 0.6) is 0 Å². The summed E-state index contributed by atoms with van der Waals surface area (Å²) >= 11 is 0. The highest BCUT2D eigenvalue weighted by Gasteiger charge is 2.68. The van der Waals surface area contributed by atoms with E-state index in [2.05, 4.69) is 4.74 Å². The zero-order chi connectivity index (χ0) is 14.2. The normalized spacial score (nSPS) is 21.2. The maximum absolute atomic E-state index is 13.1. The lowest BCUT2D eigenvalue weighted by atomic mass is 10.1. The molecule has 0 aromatic carbocycles. The highest BCUT2D eigenvalue weighted by atomic mass is 32.2. The van der Waals surface area contributed by atoms with Crippen LogP contribution < -0.4 is 0 Å². The molecule has 0 aliphatic carbocycles. The third kappa shape index (κ3) is 3.11. The molecule has 1 fully saturated rings. The SMILES string of the molecule is CN1CCC(OC(F)(F)C(F)(F)S(=O)(=O)O)CC1. The second-order valence-corrected chi connectivity index (χ2v) is 5.59. The van der Waals surface area contributed by atoms with Crippen LogP contribution in [0, 0.1) is 0 Å². The minimum Gasteiger partial charge on any atom is -0.311 e. The molecule has 0 radical (unpaired) electrons. The van der Waals surface area contributed by atoms with E-state index in [1.54, 1.807) is 11.9 Å². The van der Waals surface area contributed by atoms with E-state index in [0.29, 0.717) is 13.1 Å². The molecular weight excluding hydrogens is 282 g/mol. The van der Waals surface area contributed by atoms with Crippen LogP contribution in [0.15, 0.2) is 0 Å². The maximum atomic E-state index is 13.1. The Bertz CT molecular complexity index is 392. The molecule has 108 valence electrons. The van der Waals surface area contributed by atoms with Gasteiger partial charge in [0.2, 0.25) is 0 Å².